The van der Waals surface area contributed by atoms with E-state index in [4.69, 9.17) is 4.74 Å². The van der Waals surface area contributed by atoms with Crippen LogP contribution in [0, 0.1) is 10.1 Å². The zero-order chi connectivity index (χ0) is 13.7. The number of benzene rings is 2. The van der Waals surface area contributed by atoms with Crippen molar-refractivity contribution in [1.82, 2.24) is 0 Å². The minimum Gasteiger partial charge on any atom is -0.444 e. The monoisotopic (exact) mass is 256 g/mol. The third-order valence-corrected chi connectivity index (χ3v) is 2.68. The molecule has 0 saturated carbocycles. The maximum absolute atomic E-state index is 11.0. The average Bonchev–Trinajstić information content (AvgIpc) is 2.45. The fraction of sp³-hybridized carbons (Fsp3) is 0.0714. The van der Waals surface area contributed by atoms with Gasteiger partial charge in [0, 0.05) is 6.07 Å². The van der Waals surface area contributed by atoms with Gasteiger partial charge in [-0.3, -0.25) is 10.1 Å². The minimum absolute atomic E-state index is 0.0911. The molecule has 0 heterocycles. The van der Waals surface area contributed by atoms with Crippen molar-refractivity contribution in [2.75, 3.05) is 0 Å². The van der Waals surface area contributed by atoms with Crippen molar-refractivity contribution in [3.8, 4) is 0 Å². The molecule has 5 heteroatoms. The number of nitro groups is 1. The van der Waals surface area contributed by atoms with Crippen LogP contribution in [0.5, 0.6) is 0 Å². The lowest BCUT2D eigenvalue weighted by atomic mass is 10.00. The third kappa shape index (κ3) is 2.77. The summed E-state index contributed by atoms with van der Waals surface area (Å²) >= 11 is 0. The van der Waals surface area contributed by atoms with Crippen molar-refractivity contribution >= 4 is 12.2 Å². The summed E-state index contributed by atoms with van der Waals surface area (Å²) in [5.41, 5.74) is 0.883. The zero-order valence-corrected chi connectivity index (χ0v) is 9.85. The molecule has 0 aromatic heterocycles. The highest BCUT2D eigenvalue weighted by Gasteiger charge is 2.24. The van der Waals surface area contributed by atoms with E-state index >= 15 is 0 Å². The van der Waals surface area contributed by atoms with Crippen LogP contribution in [0.25, 0.3) is 0 Å². The molecule has 2 aromatic carbocycles. The molecule has 0 saturated heterocycles. The van der Waals surface area contributed by atoms with Crippen LogP contribution in [-0.4, -0.2) is 11.4 Å². The van der Waals surface area contributed by atoms with Crippen LogP contribution < -0.4 is 0 Å². The summed E-state index contributed by atoms with van der Waals surface area (Å²) in [5, 5.41) is 11.0. The average molecular weight is 256 g/mol. The standard InChI is InChI=1S/C14H10NO4/c16-10-19-14(11-6-2-1-3-7-11)12-8-4-5-9-13(12)15(17)18/h1-9,14H. The molecule has 0 aliphatic carbocycles. The largest absolute Gasteiger partial charge is 0.444 e. The number of para-hydroxylation sites is 1. The molecule has 1 atom stereocenters. The Morgan fingerprint density at radius 3 is 2.32 bits per heavy atom. The Balaban J connectivity index is 2.51. The topological polar surface area (TPSA) is 69.4 Å². The quantitative estimate of drug-likeness (QED) is 0.609. The fourth-order valence-corrected chi connectivity index (χ4v) is 1.86. The fourth-order valence-electron chi connectivity index (χ4n) is 1.86. The number of nitrogens with zero attached hydrogens (tertiary/aromatic N) is 1. The highest BCUT2D eigenvalue weighted by Crippen LogP contribution is 2.31. The van der Waals surface area contributed by atoms with E-state index in [1.54, 1.807) is 42.5 Å². The first-order valence-electron chi connectivity index (χ1n) is 5.55. The SMILES string of the molecule is O=[C]OC(c1ccccc1)c1ccccc1[N+](=O)[O-]. The van der Waals surface area contributed by atoms with Gasteiger partial charge in [-0.2, -0.15) is 0 Å². The summed E-state index contributed by atoms with van der Waals surface area (Å²) in [6.45, 7) is 1.36. The summed E-state index contributed by atoms with van der Waals surface area (Å²) < 4.78 is 4.89. The molecule has 19 heavy (non-hydrogen) atoms. The van der Waals surface area contributed by atoms with Gasteiger partial charge in [0.2, 0.25) is 0 Å². The highest BCUT2D eigenvalue weighted by molar-refractivity contribution is 5.49. The number of nitro benzene ring substituents is 1. The van der Waals surface area contributed by atoms with Crippen molar-refractivity contribution in [2.45, 2.75) is 6.10 Å². The molecule has 0 aliphatic rings. The summed E-state index contributed by atoms with van der Waals surface area (Å²) in [6.07, 6.45) is -0.833. The van der Waals surface area contributed by atoms with E-state index in [0.717, 1.165) is 0 Å². The highest BCUT2D eigenvalue weighted by atomic mass is 16.6. The van der Waals surface area contributed by atoms with Crippen molar-refractivity contribution in [1.29, 1.82) is 0 Å². The normalized spacial score (nSPS) is 11.6. The Bertz CT molecular complexity index is 583. The van der Waals surface area contributed by atoms with Gasteiger partial charge in [-0.05, 0) is 11.6 Å². The predicted octanol–water partition coefficient (Wildman–Crippen LogP) is 2.77. The lowest BCUT2D eigenvalue weighted by Crippen LogP contribution is -2.07. The van der Waals surface area contributed by atoms with Crippen LogP contribution in [0.4, 0.5) is 5.69 Å². The van der Waals surface area contributed by atoms with Gasteiger partial charge in [-0.25, -0.2) is 4.79 Å². The van der Waals surface area contributed by atoms with Crippen molar-refractivity contribution in [3.63, 3.8) is 0 Å². The molecule has 0 bridgehead atoms. The lowest BCUT2D eigenvalue weighted by Gasteiger charge is -2.15. The first-order chi connectivity index (χ1) is 9.24. The van der Waals surface area contributed by atoms with Gasteiger partial charge in [0.15, 0.2) is 6.10 Å². The van der Waals surface area contributed by atoms with Crippen LogP contribution in [0.3, 0.4) is 0 Å². The van der Waals surface area contributed by atoms with Crippen molar-refractivity contribution < 1.29 is 14.5 Å². The van der Waals surface area contributed by atoms with Crippen LogP contribution >= 0.6 is 0 Å². The van der Waals surface area contributed by atoms with E-state index < -0.39 is 11.0 Å². The molecule has 0 amide bonds. The predicted molar refractivity (Wildman–Crippen MR) is 68.2 cm³/mol. The molecule has 1 radical (unpaired) electrons. The summed E-state index contributed by atoms with van der Waals surface area (Å²) in [7, 11) is 0. The number of carbonyl (C=O) groups excluding carboxylic acids is 1. The maximum Gasteiger partial charge on any atom is 0.418 e. The first kappa shape index (κ1) is 12.8. The Labute approximate surface area is 109 Å². The van der Waals surface area contributed by atoms with Crippen molar-refractivity contribution in [2.24, 2.45) is 0 Å². The molecule has 0 fully saturated rings. The second-order valence-electron chi connectivity index (χ2n) is 3.81. The van der Waals surface area contributed by atoms with Gasteiger partial charge < -0.3 is 4.74 Å². The number of rotatable bonds is 5. The van der Waals surface area contributed by atoms with E-state index in [1.165, 1.54) is 12.5 Å². The molecule has 5 nitrogen and oxygen atoms in total. The van der Waals surface area contributed by atoms with Gasteiger partial charge in [0.1, 0.15) is 0 Å². The Morgan fingerprint density at radius 1 is 1.05 bits per heavy atom. The van der Waals surface area contributed by atoms with Crippen molar-refractivity contribution in [3.05, 3.63) is 75.8 Å². The first-order valence-corrected chi connectivity index (χ1v) is 5.55. The van der Waals surface area contributed by atoms with Gasteiger partial charge >= 0.3 is 6.47 Å². The Morgan fingerprint density at radius 2 is 1.68 bits per heavy atom. The Kier molecular flexibility index (Phi) is 3.87. The summed E-state index contributed by atoms with van der Waals surface area (Å²) in [6, 6.07) is 15.0. The van der Waals surface area contributed by atoms with Gasteiger partial charge in [0.25, 0.3) is 5.69 Å². The van der Waals surface area contributed by atoms with E-state index in [0.29, 0.717) is 11.1 Å². The second kappa shape index (κ2) is 5.77. The van der Waals surface area contributed by atoms with Crippen LogP contribution in [-0.2, 0) is 9.53 Å². The van der Waals surface area contributed by atoms with E-state index in [2.05, 4.69) is 0 Å². The van der Waals surface area contributed by atoms with Gasteiger partial charge in [-0.1, -0.05) is 42.5 Å². The molecule has 0 spiro atoms. The maximum atomic E-state index is 11.0. The summed E-state index contributed by atoms with van der Waals surface area (Å²) in [4.78, 5) is 21.0. The number of hydrogen-bond donors (Lipinski definition) is 0. The molecule has 1 unspecified atom stereocenters. The number of ether oxygens (including phenoxy) is 1. The van der Waals surface area contributed by atoms with E-state index in [-0.39, 0.29) is 5.69 Å². The minimum atomic E-state index is -0.833. The summed E-state index contributed by atoms with van der Waals surface area (Å²) in [5.74, 6) is 0. The third-order valence-electron chi connectivity index (χ3n) is 2.68. The zero-order valence-electron chi connectivity index (χ0n) is 9.85. The Hall–Kier alpha value is -2.69. The van der Waals surface area contributed by atoms with Gasteiger partial charge in [-0.15, -0.1) is 0 Å². The van der Waals surface area contributed by atoms with E-state index in [9.17, 15) is 14.9 Å². The van der Waals surface area contributed by atoms with Crippen LogP contribution in [0.1, 0.15) is 17.2 Å². The molecule has 95 valence electrons. The molecule has 0 aliphatic heterocycles. The molecular weight excluding hydrogens is 246 g/mol. The van der Waals surface area contributed by atoms with E-state index in [1.807, 2.05) is 6.07 Å². The lowest BCUT2D eigenvalue weighted by molar-refractivity contribution is -0.386. The molecule has 2 rings (SSSR count). The second-order valence-corrected chi connectivity index (χ2v) is 3.81. The molecule has 0 N–H and O–H groups in total. The smallest absolute Gasteiger partial charge is 0.418 e. The molecule has 2 aromatic rings. The van der Waals surface area contributed by atoms with Crippen LogP contribution in [0.15, 0.2) is 54.6 Å². The molecular formula is C14H10NO4. The number of hydrogen-bond acceptors (Lipinski definition) is 4. The van der Waals surface area contributed by atoms with Gasteiger partial charge in [0.05, 0.1) is 10.5 Å². The van der Waals surface area contributed by atoms with Crippen LogP contribution in [0.2, 0.25) is 0 Å².